The van der Waals surface area contributed by atoms with E-state index in [9.17, 15) is 4.79 Å². The minimum Gasteiger partial charge on any atom is -0.334 e. The Balaban J connectivity index is 1.58. The summed E-state index contributed by atoms with van der Waals surface area (Å²) in [6.45, 7) is 6.49. The van der Waals surface area contributed by atoms with Crippen LogP contribution < -0.4 is 5.32 Å². The average molecular weight is 499 g/mol. The molecule has 2 heterocycles. The van der Waals surface area contributed by atoms with Crippen molar-refractivity contribution in [2.45, 2.75) is 39.8 Å². The Kier molecular flexibility index (Phi) is 6.61. The second-order valence-electron chi connectivity index (χ2n) is 8.99. The number of urea groups is 1. The van der Waals surface area contributed by atoms with Gasteiger partial charge in [0.2, 0.25) is 5.82 Å². The summed E-state index contributed by atoms with van der Waals surface area (Å²) in [4.78, 5) is 19.8. The first-order valence-corrected chi connectivity index (χ1v) is 12.3. The Morgan fingerprint density at radius 3 is 2.50 bits per heavy atom. The van der Waals surface area contributed by atoms with Crippen LogP contribution in [0.25, 0.3) is 17.0 Å². The van der Waals surface area contributed by atoms with Crippen molar-refractivity contribution >= 4 is 23.2 Å². The van der Waals surface area contributed by atoms with E-state index in [4.69, 9.17) is 21.1 Å². The first-order chi connectivity index (χ1) is 17.4. The molecule has 7 heteroatoms. The minimum absolute atomic E-state index is 0.197. The number of hydrogen-bond acceptors (Lipinski definition) is 4. The van der Waals surface area contributed by atoms with E-state index in [-0.39, 0.29) is 6.03 Å². The maximum absolute atomic E-state index is 13.3. The van der Waals surface area contributed by atoms with Crippen LogP contribution in [0.15, 0.2) is 83.0 Å². The van der Waals surface area contributed by atoms with Gasteiger partial charge in [-0.1, -0.05) is 89.9 Å². The summed E-state index contributed by atoms with van der Waals surface area (Å²) in [7, 11) is 0. The van der Waals surface area contributed by atoms with E-state index >= 15 is 0 Å². The monoisotopic (exact) mass is 498 g/mol. The lowest BCUT2D eigenvalue weighted by molar-refractivity contribution is 0.203. The SMILES string of the molecule is CCc1ccc(-c2noc(C3=C(C)N(Cc4cccc(C)c4)C(=O)NC3c3cccc(Cl)c3)n2)cc1. The molecule has 36 heavy (non-hydrogen) atoms. The smallest absolute Gasteiger partial charge is 0.322 e. The molecule has 5 rings (SSSR count). The summed E-state index contributed by atoms with van der Waals surface area (Å²) in [5.41, 5.74) is 6.62. The van der Waals surface area contributed by atoms with Crippen LogP contribution in [-0.2, 0) is 13.0 Å². The molecule has 0 saturated carbocycles. The summed E-state index contributed by atoms with van der Waals surface area (Å²) < 4.78 is 5.79. The number of allylic oxidation sites excluding steroid dienone is 1. The van der Waals surface area contributed by atoms with Crippen molar-refractivity contribution in [3.8, 4) is 11.4 Å². The maximum atomic E-state index is 13.3. The third-order valence-electron chi connectivity index (χ3n) is 6.48. The maximum Gasteiger partial charge on any atom is 0.322 e. The molecule has 0 radical (unpaired) electrons. The fourth-order valence-corrected chi connectivity index (χ4v) is 4.72. The van der Waals surface area contributed by atoms with Crippen molar-refractivity contribution in [2.75, 3.05) is 0 Å². The number of aromatic nitrogens is 2. The second kappa shape index (κ2) is 9.99. The highest BCUT2D eigenvalue weighted by molar-refractivity contribution is 6.30. The van der Waals surface area contributed by atoms with Gasteiger partial charge in [0.25, 0.3) is 5.89 Å². The van der Waals surface area contributed by atoms with E-state index < -0.39 is 6.04 Å². The van der Waals surface area contributed by atoms with Crippen LogP contribution in [0.3, 0.4) is 0 Å². The zero-order chi connectivity index (χ0) is 25.2. The van der Waals surface area contributed by atoms with Crippen molar-refractivity contribution in [1.29, 1.82) is 0 Å². The van der Waals surface area contributed by atoms with E-state index in [0.29, 0.717) is 23.3 Å². The summed E-state index contributed by atoms with van der Waals surface area (Å²) in [6, 6.07) is 23.0. The molecular weight excluding hydrogens is 472 g/mol. The number of halogens is 1. The van der Waals surface area contributed by atoms with Gasteiger partial charge in [-0.05, 0) is 49.1 Å². The average Bonchev–Trinajstić information content (AvgIpc) is 3.36. The quantitative estimate of drug-likeness (QED) is 0.312. The van der Waals surface area contributed by atoms with E-state index in [0.717, 1.165) is 39.9 Å². The van der Waals surface area contributed by atoms with Gasteiger partial charge in [0.15, 0.2) is 0 Å². The lowest BCUT2D eigenvalue weighted by Gasteiger charge is -2.35. The van der Waals surface area contributed by atoms with Gasteiger partial charge in [0.1, 0.15) is 0 Å². The van der Waals surface area contributed by atoms with E-state index in [1.165, 1.54) is 5.56 Å². The summed E-state index contributed by atoms with van der Waals surface area (Å²) in [6.07, 6.45) is 0.960. The van der Waals surface area contributed by atoms with Gasteiger partial charge in [0.05, 0.1) is 18.2 Å². The molecule has 2 amide bonds. The van der Waals surface area contributed by atoms with Crippen LogP contribution in [0, 0.1) is 6.92 Å². The molecule has 0 bridgehead atoms. The molecule has 1 aliphatic heterocycles. The Bertz CT molecular complexity index is 1440. The van der Waals surface area contributed by atoms with Gasteiger partial charge >= 0.3 is 6.03 Å². The number of amides is 2. The number of nitrogens with zero attached hydrogens (tertiary/aromatic N) is 3. The Labute approximate surface area is 215 Å². The third-order valence-corrected chi connectivity index (χ3v) is 6.71. The number of benzene rings is 3. The number of aryl methyl sites for hydroxylation is 2. The highest BCUT2D eigenvalue weighted by atomic mass is 35.5. The highest BCUT2D eigenvalue weighted by Crippen LogP contribution is 2.38. The predicted octanol–water partition coefficient (Wildman–Crippen LogP) is 6.96. The van der Waals surface area contributed by atoms with Crippen molar-refractivity contribution < 1.29 is 9.32 Å². The Morgan fingerprint density at radius 1 is 1.00 bits per heavy atom. The Hall–Kier alpha value is -3.90. The van der Waals surface area contributed by atoms with E-state index in [1.807, 2.05) is 62.4 Å². The predicted molar refractivity (Wildman–Crippen MR) is 141 cm³/mol. The van der Waals surface area contributed by atoms with Gasteiger partial charge in [-0.2, -0.15) is 4.98 Å². The van der Waals surface area contributed by atoms with E-state index in [2.05, 4.69) is 35.6 Å². The molecule has 4 aromatic rings. The molecular formula is C29H27ClN4O2. The zero-order valence-electron chi connectivity index (χ0n) is 20.5. The largest absolute Gasteiger partial charge is 0.334 e. The number of nitrogens with one attached hydrogen (secondary N) is 1. The van der Waals surface area contributed by atoms with E-state index in [1.54, 1.807) is 11.0 Å². The molecule has 182 valence electrons. The van der Waals surface area contributed by atoms with Crippen LogP contribution in [0.4, 0.5) is 4.79 Å². The molecule has 1 atom stereocenters. The first-order valence-electron chi connectivity index (χ1n) is 12.0. The topological polar surface area (TPSA) is 71.3 Å². The molecule has 6 nitrogen and oxygen atoms in total. The lowest BCUT2D eigenvalue weighted by Crippen LogP contribution is -2.45. The Morgan fingerprint density at radius 2 is 1.78 bits per heavy atom. The summed E-state index contributed by atoms with van der Waals surface area (Å²) in [5.74, 6) is 0.862. The lowest BCUT2D eigenvalue weighted by atomic mass is 9.94. The first kappa shape index (κ1) is 23.8. The molecule has 1 N–H and O–H groups in total. The minimum atomic E-state index is -0.485. The number of hydrogen-bond donors (Lipinski definition) is 1. The van der Waals surface area contributed by atoms with Gasteiger partial charge in [-0.3, -0.25) is 4.90 Å². The van der Waals surface area contributed by atoms with Crippen LogP contribution in [0.2, 0.25) is 5.02 Å². The van der Waals surface area contributed by atoms with Crippen LogP contribution in [0.1, 0.15) is 48.0 Å². The molecule has 0 aliphatic carbocycles. The van der Waals surface area contributed by atoms with Crippen LogP contribution in [0.5, 0.6) is 0 Å². The fraction of sp³-hybridized carbons (Fsp3) is 0.207. The molecule has 1 unspecified atom stereocenters. The zero-order valence-corrected chi connectivity index (χ0v) is 21.2. The standard InChI is InChI=1S/C29H27ClN4O2/c1-4-20-11-13-22(14-12-20)27-32-28(36-33-27)25-19(3)34(17-21-8-5-7-18(2)15-21)29(35)31-26(25)23-9-6-10-24(30)16-23/h5-16,26H,4,17H2,1-3H3,(H,31,35). The van der Waals surface area contributed by atoms with Crippen molar-refractivity contribution in [3.05, 3.63) is 112 Å². The van der Waals surface area contributed by atoms with Gasteiger partial charge in [-0.15, -0.1) is 0 Å². The van der Waals surface area contributed by atoms with Crippen molar-refractivity contribution in [1.82, 2.24) is 20.4 Å². The molecule has 0 fully saturated rings. The highest BCUT2D eigenvalue weighted by Gasteiger charge is 2.36. The van der Waals surface area contributed by atoms with Gasteiger partial charge in [-0.25, -0.2) is 4.79 Å². The number of carbonyl (C=O) groups is 1. The van der Waals surface area contributed by atoms with Crippen molar-refractivity contribution in [3.63, 3.8) is 0 Å². The van der Waals surface area contributed by atoms with Gasteiger partial charge in [0, 0.05) is 16.3 Å². The third kappa shape index (κ3) is 4.77. The van der Waals surface area contributed by atoms with Crippen LogP contribution in [-0.4, -0.2) is 21.1 Å². The number of carbonyl (C=O) groups excluding carboxylic acids is 1. The molecule has 0 spiro atoms. The number of rotatable bonds is 6. The molecule has 3 aromatic carbocycles. The summed E-state index contributed by atoms with van der Waals surface area (Å²) >= 11 is 6.30. The molecule has 1 aromatic heterocycles. The molecule has 1 aliphatic rings. The van der Waals surface area contributed by atoms with Gasteiger partial charge < -0.3 is 9.84 Å². The molecule has 0 saturated heterocycles. The van der Waals surface area contributed by atoms with Crippen molar-refractivity contribution in [2.24, 2.45) is 0 Å². The normalized spacial score (nSPS) is 15.8. The van der Waals surface area contributed by atoms with Crippen LogP contribution >= 0.6 is 11.6 Å². The summed E-state index contributed by atoms with van der Waals surface area (Å²) in [5, 5.41) is 7.98. The fourth-order valence-electron chi connectivity index (χ4n) is 4.52. The second-order valence-corrected chi connectivity index (χ2v) is 9.42.